The number of esters is 1. The average Bonchev–Trinajstić information content (AvgIpc) is 2.84. The number of carbonyl (C=O) groups is 3. The summed E-state index contributed by atoms with van der Waals surface area (Å²) in [6, 6.07) is 23.8. The molecule has 2 N–H and O–H groups in total. The van der Waals surface area contributed by atoms with E-state index in [-0.39, 0.29) is 11.9 Å². The molecule has 1 atom stereocenters. The van der Waals surface area contributed by atoms with Crippen molar-refractivity contribution >= 4 is 29.3 Å². The fraction of sp³-hybridized carbons (Fsp3) is 0.115. The highest BCUT2D eigenvalue weighted by atomic mass is 16.5. The third-order valence-corrected chi connectivity index (χ3v) is 5.44. The van der Waals surface area contributed by atoms with Crippen LogP contribution in [0.15, 0.2) is 96.2 Å². The number of benzene rings is 3. The first-order chi connectivity index (χ1) is 16.0. The molecular weight excluding hydrogens is 418 g/mol. The van der Waals surface area contributed by atoms with Crippen LogP contribution in [0.5, 0.6) is 0 Å². The molecule has 3 aromatic rings. The molecule has 7 heteroatoms. The van der Waals surface area contributed by atoms with Crippen molar-refractivity contribution in [1.82, 2.24) is 5.32 Å². The molecule has 0 unspecified atom stereocenters. The van der Waals surface area contributed by atoms with Crippen molar-refractivity contribution in [3.05, 3.63) is 107 Å². The molecule has 0 aliphatic carbocycles. The molecule has 166 valence electrons. The average molecular weight is 441 g/mol. The van der Waals surface area contributed by atoms with E-state index < -0.39 is 12.0 Å². The quantitative estimate of drug-likeness (QED) is 0.564. The third kappa shape index (κ3) is 4.48. The summed E-state index contributed by atoms with van der Waals surface area (Å²) in [5, 5.41) is 5.86. The van der Waals surface area contributed by atoms with Crippen LogP contribution in [0.2, 0.25) is 0 Å². The molecule has 0 saturated heterocycles. The van der Waals surface area contributed by atoms with E-state index in [0.717, 1.165) is 0 Å². The lowest BCUT2D eigenvalue weighted by atomic mass is 9.93. The smallest absolute Gasteiger partial charge is 0.337 e. The molecule has 0 spiro atoms. The van der Waals surface area contributed by atoms with Gasteiger partial charge in [-0.05, 0) is 48.9 Å². The van der Waals surface area contributed by atoms with Crippen LogP contribution in [-0.2, 0) is 9.53 Å². The largest absolute Gasteiger partial charge is 0.465 e. The first kappa shape index (κ1) is 21.8. The molecule has 33 heavy (non-hydrogen) atoms. The highest BCUT2D eigenvalue weighted by molar-refractivity contribution is 6.10. The standard InChI is InChI=1S/C26H23N3O4/c1-17-22(24(30)27-20-9-5-3-6-10-20)23(18-13-15-19(16-14-18)25(31)33-2)28-26(32)29(17)21-11-7-4-8-12-21/h3-16,23H,1-2H3,(H,27,30)(H,28,32)/t23-/m1/s1. The number of rotatable bonds is 5. The number of hydrogen-bond acceptors (Lipinski definition) is 4. The number of ether oxygens (including phenoxy) is 1. The van der Waals surface area contributed by atoms with Gasteiger partial charge in [0.15, 0.2) is 0 Å². The van der Waals surface area contributed by atoms with Crippen molar-refractivity contribution in [1.29, 1.82) is 0 Å². The van der Waals surface area contributed by atoms with Crippen LogP contribution in [0.25, 0.3) is 0 Å². The number of nitrogens with zero attached hydrogens (tertiary/aromatic N) is 1. The molecule has 0 fully saturated rings. The second kappa shape index (κ2) is 9.40. The minimum Gasteiger partial charge on any atom is -0.465 e. The van der Waals surface area contributed by atoms with Crippen molar-refractivity contribution < 1.29 is 19.1 Å². The zero-order valence-corrected chi connectivity index (χ0v) is 18.2. The number of carbonyl (C=O) groups excluding carboxylic acids is 3. The molecular formula is C26H23N3O4. The third-order valence-electron chi connectivity index (χ3n) is 5.44. The van der Waals surface area contributed by atoms with E-state index in [4.69, 9.17) is 4.74 Å². The minimum absolute atomic E-state index is 0.332. The summed E-state index contributed by atoms with van der Waals surface area (Å²) in [4.78, 5) is 39.9. The zero-order chi connectivity index (χ0) is 23.4. The van der Waals surface area contributed by atoms with Gasteiger partial charge in [-0.2, -0.15) is 0 Å². The molecule has 1 heterocycles. The van der Waals surface area contributed by atoms with E-state index in [9.17, 15) is 14.4 Å². The van der Waals surface area contributed by atoms with Crippen LogP contribution in [0.4, 0.5) is 16.2 Å². The van der Waals surface area contributed by atoms with Crippen molar-refractivity contribution in [3.63, 3.8) is 0 Å². The SMILES string of the molecule is COC(=O)c1ccc([C@H]2NC(=O)N(c3ccccc3)C(C)=C2C(=O)Nc2ccccc2)cc1. The number of nitrogens with one attached hydrogen (secondary N) is 2. The molecule has 1 aliphatic rings. The summed E-state index contributed by atoms with van der Waals surface area (Å²) >= 11 is 0. The van der Waals surface area contributed by atoms with Crippen molar-refractivity contribution in [2.24, 2.45) is 0 Å². The van der Waals surface area contributed by atoms with Gasteiger partial charge in [-0.15, -0.1) is 0 Å². The Morgan fingerprint density at radius 2 is 1.52 bits per heavy atom. The van der Waals surface area contributed by atoms with Crippen molar-refractivity contribution in [2.75, 3.05) is 17.3 Å². The molecule has 0 aromatic heterocycles. The fourth-order valence-corrected chi connectivity index (χ4v) is 3.82. The first-order valence-corrected chi connectivity index (χ1v) is 10.4. The van der Waals surface area contributed by atoms with E-state index in [1.807, 2.05) is 36.4 Å². The van der Waals surface area contributed by atoms with Gasteiger partial charge in [0.1, 0.15) is 0 Å². The molecule has 3 amide bonds. The number of allylic oxidation sites excluding steroid dienone is 1. The normalized spacial score (nSPS) is 15.6. The van der Waals surface area contributed by atoms with Gasteiger partial charge >= 0.3 is 12.0 Å². The van der Waals surface area contributed by atoms with Crippen LogP contribution in [0.3, 0.4) is 0 Å². The van der Waals surface area contributed by atoms with Crippen LogP contribution in [-0.4, -0.2) is 25.0 Å². The van der Waals surface area contributed by atoms with Crippen molar-refractivity contribution in [2.45, 2.75) is 13.0 Å². The van der Waals surface area contributed by atoms with Gasteiger partial charge in [-0.3, -0.25) is 9.69 Å². The van der Waals surface area contributed by atoms with E-state index in [2.05, 4.69) is 10.6 Å². The number of hydrogen-bond donors (Lipinski definition) is 2. The first-order valence-electron chi connectivity index (χ1n) is 10.4. The molecule has 0 radical (unpaired) electrons. The lowest BCUT2D eigenvalue weighted by molar-refractivity contribution is -0.113. The molecule has 1 aliphatic heterocycles. The Morgan fingerprint density at radius 3 is 2.12 bits per heavy atom. The molecule has 0 bridgehead atoms. The maximum Gasteiger partial charge on any atom is 0.337 e. The van der Waals surface area contributed by atoms with E-state index in [1.54, 1.807) is 55.5 Å². The summed E-state index contributed by atoms with van der Waals surface area (Å²) in [6.45, 7) is 1.75. The number of urea groups is 1. The Balaban J connectivity index is 1.77. The molecule has 3 aromatic carbocycles. The second-order valence-corrected chi connectivity index (χ2v) is 7.49. The van der Waals surface area contributed by atoms with Crippen LogP contribution in [0, 0.1) is 0 Å². The zero-order valence-electron chi connectivity index (χ0n) is 18.2. The Kier molecular flexibility index (Phi) is 6.22. The fourth-order valence-electron chi connectivity index (χ4n) is 3.82. The summed E-state index contributed by atoms with van der Waals surface area (Å²) in [5.74, 6) is -0.792. The summed E-state index contributed by atoms with van der Waals surface area (Å²) in [7, 11) is 1.31. The summed E-state index contributed by atoms with van der Waals surface area (Å²) < 4.78 is 4.76. The lowest BCUT2D eigenvalue weighted by Gasteiger charge is -2.35. The Bertz CT molecular complexity index is 1210. The summed E-state index contributed by atoms with van der Waals surface area (Å²) in [5.41, 5.74) is 3.25. The Hall–Kier alpha value is -4.39. The monoisotopic (exact) mass is 441 g/mol. The van der Waals surface area contributed by atoms with Crippen molar-refractivity contribution in [3.8, 4) is 0 Å². The minimum atomic E-state index is -0.701. The highest BCUT2D eigenvalue weighted by Gasteiger charge is 2.36. The van der Waals surface area contributed by atoms with Gasteiger partial charge in [0.2, 0.25) is 0 Å². The molecule has 0 saturated carbocycles. The number of methoxy groups -OCH3 is 1. The maximum atomic E-state index is 13.4. The van der Waals surface area contributed by atoms with Gasteiger partial charge in [-0.25, -0.2) is 9.59 Å². The lowest BCUT2D eigenvalue weighted by Crippen LogP contribution is -2.48. The van der Waals surface area contributed by atoms with Crippen LogP contribution in [0.1, 0.15) is 28.9 Å². The van der Waals surface area contributed by atoms with E-state index in [0.29, 0.717) is 33.8 Å². The van der Waals surface area contributed by atoms with Crippen LogP contribution >= 0.6 is 0 Å². The topological polar surface area (TPSA) is 87.7 Å². The number of anilines is 2. The second-order valence-electron chi connectivity index (χ2n) is 7.49. The highest BCUT2D eigenvalue weighted by Crippen LogP contribution is 2.34. The Labute approximate surface area is 191 Å². The van der Waals surface area contributed by atoms with Crippen LogP contribution < -0.4 is 15.5 Å². The van der Waals surface area contributed by atoms with Gasteiger partial charge in [0, 0.05) is 11.4 Å². The van der Waals surface area contributed by atoms with Gasteiger partial charge in [0.25, 0.3) is 5.91 Å². The van der Waals surface area contributed by atoms with E-state index in [1.165, 1.54) is 12.0 Å². The van der Waals surface area contributed by atoms with Gasteiger partial charge in [0.05, 0.1) is 30.0 Å². The molecule has 4 rings (SSSR count). The Morgan fingerprint density at radius 1 is 0.909 bits per heavy atom. The van der Waals surface area contributed by atoms with Gasteiger partial charge < -0.3 is 15.4 Å². The molecule has 7 nitrogen and oxygen atoms in total. The number of para-hydroxylation sites is 2. The summed E-state index contributed by atoms with van der Waals surface area (Å²) in [6.07, 6.45) is 0. The van der Waals surface area contributed by atoms with Gasteiger partial charge in [-0.1, -0.05) is 48.5 Å². The number of amides is 3. The van der Waals surface area contributed by atoms with E-state index >= 15 is 0 Å². The maximum absolute atomic E-state index is 13.4. The predicted molar refractivity (Wildman–Crippen MR) is 126 cm³/mol. The predicted octanol–water partition coefficient (Wildman–Crippen LogP) is 4.66.